The Morgan fingerprint density at radius 3 is 2.65 bits per heavy atom. The Kier molecular flexibility index (Phi) is 4.35. The second kappa shape index (κ2) is 6.96. The van der Waals surface area contributed by atoms with E-state index in [9.17, 15) is 4.79 Å². The van der Waals surface area contributed by atoms with Crippen molar-refractivity contribution in [1.29, 1.82) is 0 Å². The van der Waals surface area contributed by atoms with Gasteiger partial charge in [0.15, 0.2) is 0 Å². The molecule has 1 aliphatic rings. The van der Waals surface area contributed by atoms with Gasteiger partial charge in [-0.2, -0.15) is 0 Å². The van der Waals surface area contributed by atoms with Crippen LogP contribution in [0.1, 0.15) is 22.5 Å². The third-order valence-corrected chi connectivity index (χ3v) is 4.71. The van der Waals surface area contributed by atoms with E-state index in [0.29, 0.717) is 18.1 Å². The van der Waals surface area contributed by atoms with Gasteiger partial charge in [-0.1, -0.05) is 36.4 Å². The lowest BCUT2D eigenvalue weighted by molar-refractivity contribution is 0.0980. The SMILES string of the molecule is CN(c1ccccc1)c1cc(C(=O)N2CCCc3ccccc32)ncn1. The number of hydrogen-bond donors (Lipinski definition) is 0. The zero-order valence-electron chi connectivity index (χ0n) is 14.7. The standard InChI is InChI=1S/C21H20N4O/c1-24(17-10-3-2-4-11-17)20-14-18(22-15-23-20)21(26)25-13-7-9-16-8-5-6-12-19(16)25/h2-6,8,10-12,14-15H,7,9,13H2,1H3. The fraction of sp³-hybridized carbons (Fsp3) is 0.190. The number of aromatic nitrogens is 2. The van der Waals surface area contributed by atoms with Crippen LogP contribution >= 0.6 is 0 Å². The molecular formula is C21H20N4O. The number of fused-ring (bicyclic) bond motifs is 1. The number of rotatable bonds is 3. The maximum absolute atomic E-state index is 13.1. The van der Waals surface area contributed by atoms with Crippen LogP contribution in [0.25, 0.3) is 0 Å². The molecule has 0 radical (unpaired) electrons. The van der Waals surface area contributed by atoms with Crippen molar-refractivity contribution in [3.8, 4) is 0 Å². The molecule has 0 unspecified atom stereocenters. The van der Waals surface area contributed by atoms with Gasteiger partial charge >= 0.3 is 0 Å². The second-order valence-electron chi connectivity index (χ2n) is 6.35. The Morgan fingerprint density at radius 1 is 1.04 bits per heavy atom. The Bertz CT molecular complexity index is 926. The van der Waals surface area contributed by atoms with Crippen LogP contribution in [0.4, 0.5) is 17.2 Å². The van der Waals surface area contributed by atoms with Gasteiger partial charge in [-0.05, 0) is 36.6 Å². The molecule has 0 saturated heterocycles. The van der Waals surface area contributed by atoms with E-state index in [1.807, 2.05) is 65.4 Å². The maximum Gasteiger partial charge on any atom is 0.277 e. The van der Waals surface area contributed by atoms with Gasteiger partial charge < -0.3 is 9.80 Å². The van der Waals surface area contributed by atoms with Crippen LogP contribution in [0.3, 0.4) is 0 Å². The Morgan fingerprint density at radius 2 is 1.81 bits per heavy atom. The summed E-state index contributed by atoms with van der Waals surface area (Å²) in [6, 6.07) is 19.8. The van der Waals surface area contributed by atoms with Crippen LogP contribution in [0.5, 0.6) is 0 Å². The third-order valence-electron chi connectivity index (χ3n) is 4.71. The van der Waals surface area contributed by atoms with Gasteiger partial charge in [-0.3, -0.25) is 4.79 Å². The van der Waals surface area contributed by atoms with Crippen molar-refractivity contribution in [2.45, 2.75) is 12.8 Å². The van der Waals surface area contributed by atoms with Crippen LogP contribution < -0.4 is 9.80 Å². The molecule has 0 N–H and O–H groups in total. The van der Waals surface area contributed by atoms with Gasteiger partial charge in [0, 0.05) is 31.0 Å². The topological polar surface area (TPSA) is 49.3 Å². The molecule has 0 saturated carbocycles. The molecular weight excluding hydrogens is 324 g/mol. The second-order valence-corrected chi connectivity index (χ2v) is 6.35. The number of benzene rings is 2. The highest BCUT2D eigenvalue weighted by atomic mass is 16.2. The summed E-state index contributed by atoms with van der Waals surface area (Å²) in [6.45, 7) is 0.712. The molecule has 0 atom stereocenters. The van der Waals surface area contributed by atoms with Gasteiger partial charge in [-0.15, -0.1) is 0 Å². The van der Waals surface area contributed by atoms with Gasteiger partial charge in [0.05, 0.1) is 0 Å². The van der Waals surface area contributed by atoms with Crippen LogP contribution in [0, 0.1) is 0 Å². The highest BCUT2D eigenvalue weighted by Gasteiger charge is 2.24. The molecule has 1 amide bonds. The zero-order chi connectivity index (χ0) is 17.9. The molecule has 1 aliphatic heterocycles. The summed E-state index contributed by atoms with van der Waals surface area (Å²) in [7, 11) is 1.93. The molecule has 2 heterocycles. The number of hydrogen-bond acceptors (Lipinski definition) is 4. The average Bonchev–Trinajstić information content (AvgIpc) is 2.73. The van der Waals surface area contributed by atoms with Crippen LogP contribution in [-0.4, -0.2) is 29.5 Å². The smallest absolute Gasteiger partial charge is 0.277 e. The Hall–Kier alpha value is -3.21. The van der Waals surface area contributed by atoms with Gasteiger partial charge in [-0.25, -0.2) is 9.97 Å². The predicted molar refractivity (Wildman–Crippen MR) is 103 cm³/mol. The quantitative estimate of drug-likeness (QED) is 0.724. The van der Waals surface area contributed by atoms with E-state index in [1.54, 1.807) is 6.07 Å². The van der Waals surface area contributed by atoms with Gasteiger partial charge in [0.2, 0.25) is 0 Å². The molecule has 4 rings (SSSR count). The molecule has 5 heteroatoms. The molecule has 0 bridgehead atoms. The number of nitrogens with zero attached hydrogens (tertiary/aromatic N) is 4. The van der Waals surface area contributed by atoms with Crippen molar-refractivity contribution < 1.29 is 4.79 Å². The maximum atomic E-state index is 13.1. The molecule has 1 aromatic heterocycles. The zero-order valence-corrected chi connectivity index (χ0v) is 14.7. The minimum atomic E-state index is -0.0812. The molecule has 0 aliphatic carbocycles. The fourth-order valence-electron chi connectivity index (χ4n) is 3.31. The van der Waals surface area contributed by atoms with Gasteiger partial charge in [0.1, 0.15) is 17.8 Å². The lowest BCUT2D eigenvalue weighted by Crippen LogP contribution is -2.36. The van der Waals surface area contributed by atoms with Crippen LogP contribution in [-0.2, 0) is 6.42 Å². The minimum absolute atomic E-state index is 0.0812. The van der Waals surface area contributed by atoms with E-state index >= 15 is 0 Å². The monoisotopic (exact) mass is 344 g/mol. The molecule has 5 nitrogen and oxygen atoms in total. The summed E-state index contributed by atoms with van der Waals surface area (Å²) < 4.78 is 0. The number of aryl methyl sites for hydroxylation is 1. The fourth-order valence-corrected chi connectivity index (χ4v) is 3.31. The number of amides is 1. The van der Waals surface area contributed by atoms with Crippen molar-refractivity contribution in [3.05, 3.63) is 78.2 Å². The van der Waals surface area contributed by atoms with E-state index in [1.165, 1.54) is 11.9 Å². The van der Waals surface area contributed by atoms with E-state index in [2.05, 4.69) is 16.0 Å². The van der Waals surface area contributed by atoms with Gasteiger partial charge in [0.25, 0.3) is 5.91 Å². The van der Waals surface area contributed by atoms with Crippen molar-refractivity contribution in [1.82, 2.24) is 9.97 Å². The average molecular weight is 344 g/mol. The Balaban J connectivity index is 1.64. The Labute approximate surface area is 152 Å². The van der Waals surface area contributed by atoms with Crippen LogP contribution in [0.15, 0.2) is 67.0 Å². The van der Waals surface area contributed by atoms with Crippen molar-refractivity contribution >= 4 is 23.1 Å². The number of anilines is 3. The van der Waals surface area contributed by atoms with Crippen molar-refractivity contribution in [2.75, 3.05) is 23.4 Å². The third kappa shape index (κ3) is 3.04. The molecule has 3 aromatic rings. The summed E-state index contributed by atoms with van der Waals surface area (Å²) in [4.78, 5) is 25.4. The van der Waals surface area contributed by atoms with E-state index < -0.39 is 0 Å². The molecule has 130 valence electrons. The van der Waals surface area contributed by atoms with E-state index in [0.717, 1.165) is 24.2 Å². The van der Waals surface area contributed by atoms with E-state index in [4.69, 9.17) is 0 Å². The molecule has 0 spiro atoms. The van der Waals surface area contributed by atoms with Crippen molar-refractivity contribution in [2.24, 2.45) is 0 Å². The summed E-state index contributed by atoms with van der Waals surface area (Å²) in [5.41, 5.74) is 3.62. The number of para-hydroxylation sites is 2. The summed E-state index contributed by atoms with van der Waals surface area (Å²) in [6.07, 6.45) is 3.42. The first-order valence-electron chi connectivity index (χ1n) is 8.74. The highest BCUT2D eigenvalue weighted by Crippen LogP contribution is 2.28. The highest BCUT2D eigenvalue weighted by molar-refractivity contribution is 6.05. The summed E-state index contributed by atoms with van der Waals surface area (Å²) >= 11 is 0. The largest absolute Gasteiger partial charge is 0.329 e. The molecule has 2 aromatic carbocycles. The van der Waals surface area contributed by atoms with Crippen LogP contribution in [0.2, 0.25) is 0 Å². The summed E-state index contributed by atoms with van der Waals surface area (Å²) in [5, 5.41) is 0. The lowest BCUT2D eigenvalue weighted by atomic mass is 10.0. The first-order valence-corrected chi connectivity index (χ1v) is 8.74. The van der Waals surface area contributed by atoms with E-state index in [-0.39, 0.29) is 5.91 Å². The first-order chi connectivity index (χ1) is 12.7. The lowest BCUT2D eigenvalue weighted by Gasteiger charge is -2.29. The predicted octanol–water partition coefficient (Wildman–Crippen LogP) is 3.84. The first kappa shape index (κ1) is 16.3. The molecule has 26 heavy (non-hydrogen) atoms. The molecule has 0 fully saturated rings. The summed E-state index contributed by atoms with van der Waals surface area (Å²) in [5.74, 6) is 0.613. The van der Waals surface area contributed by atoms with Crippen molar-refractivity contribution in [3.63, 3.8) is 0 Å². The number of carbonyl (C=O) groups excluding carboxylic acids is 1. The number of carbonyl (C=O) groups is 1. The normalized spacial score (nSPS) is 13.2. The minimum Gasteiger partial charge on any atom is -0.329 e.